The van der Waals surface area contributed by atoms with Gasteiger partial charge in [0.1, 0.15) is 34.9 Å². The predicted octanol–water partition coefficient (Wildman–Crippen LogP) is 6.48. The zero-order chi connectivity index (χ0) is 27.4. The lowest BCUT2D eigenvalue weighted by Gasteiger charge is -2.29. The fourth-order valence-electron chi connectivity index (χ4n) is 4.40. The number of esters is 1. The van der Waals surface area contributed by atoms with Crippen LogP contribution < -0.4 is 5.32 Å². The molecule has 0 saturated heterocycles. The third kappa shape index (κ3) is 8.59. The molecule has 0 fully saturated rings. The van der Waals surface area contributed by atoms with E-state index in [1.54, 1.807) is 6.92 Å². The molecule has 2 heterocycles. The first kappa shape index (κ1) is 29.7. The maximum absolute atomic E-state index is 14.8. The number of aliphatic hydroxyl groups is 1. The maximum atomic E-state index is 14.8. The highest BCUT2D eigenvalue weighted by molar-refractivity contribution is 7.16. The Morgan fingerprint density at radius 3 is 2.50 bits per heavy atom. The Kier molecular flexibility index (Phi) is 11.7. The quantitative estimate of drug-likeness (QED) is 0.148. The molecule has 0 amide bonds. The average molecular weight is 549 g/mol. The molecular weight excluding hydrogens is 510 g/mol. The van der Waals surface area contributed by atoms with Crippen molar-refractivity contribution in [1.82, 2.24) is 14.8 Å². The molecule has 1 atom stereocenters. The van der Waals surface area contributed by atoms with Gasteiger partial charge in [0.05, 0.1) is 25.3 Å². The number of hydrogen-bond donors (Lipinski definition) is 2. The summed E-state index contributed by atoms with van der Waals surface area (Å²) in [6, 6.07) is 4.89. The zero-order valence-corrected chi connectivity index (χ0v) is 23.0. The van der Waals surface area contributed by atoms with Crippen molar-refractivity contribution in [3.05, 3.63) is 64.6 Å². The van der Waals surface area contributed by atoms with Gasteiger partial charge in [0, 0.05) is 16.5 Å². The number of halogens is 2. The Bertz CT molecular complexity index is 1140. The van der Waals surface area contributed by atoms with Crippen molar-refractivity contribution in [2.24, 2.45) is 0 Å². The maximum Gasteiger partial charge on any atom is 0.341 e. The van der Waals surface area contributed by atoms with Crippen LogP contribution in [-0.2, 0) is 23.3 Å². The van der Waals surface area contributed by atoms with Gasteiger partial charge in [0.15, 0.2) is 0 Å². The number of aryl methyl sites for hydroxylation is 1. The van der Waals surface area contributed by atoms with Crippen LogP contribution in [0.5, 0.6) is 0 Å². The molecule has 0 aliphatic carbocycles. The van der Waals surface area contributed by atoms with Crippen molar-refractivity contribution in [3.63, 3.8) is 0 Å². The van der Waals surface area contributed by atoms with Crippen molar-refractivity contribution in [3.8, 4) is 0 Å². The highest BCUT2D eigenvalue weighted by Gasteiger charge is 2.34. The molecule has 208 valence electrons. The molecular formula is C28H38F2N4O3S. The van der Waals surface area contributed by atoms with Crippen molar-refractivity contribution in [2.75, 3.05) is 18.5 Å². The summed E-state index contributed by atoms with van der Waals surface area (Å²) in [7, 11) is 0. The summed E-state index contributed by atoms with van der Waals surface area (Å²) < 4.78 is 35.0. The van der Waals surface area contributed by atoms with Gasteiger partial charge in [-0.2, -0.15) is 5.10 Å². The highest BCUT2D eigenvalue weighted by Crippen LogP contribution is 2.33. The molecule has 0 radical (unpaired) electrons. The molecule has 2 aromatic heterocycles. The molecule has 1 aromatic carbocycles. The molecule has 3 aromatic rings. The first-order valence-corrected chi connectivity index (χ1v) is 14.2. The SMILES string of the molecule is CCCCCCCCCCc1cc(C(=O)OCC)c(NCC(O)(Cn2cncn2)c2ccc(F)cc2F)s1. The number of carbonyl (C=O) groups excluding carboxylic acids is 1. The lowest BCUT2D eigenvalue weighted by molar-refractivity contribution is 0.0246. The molecule has 0 saturated carbocycles. The van der Waals surface area contributed by atoms with E-state index in [1.807, 2.05) is 6.07 Å². The Labute approximate surface area is 227 Å². The molecule has 0 aliphatic rings. The van der Waals surface area contributed by atoms with Crippen molar-refractivity contribution < 1.29 is 23.4 Å². The summed E-state index contributed by atoms with van der Waals surface area (Å²) in [6.07, 6.45) is 13.3. The van der Waals surface area contributed by atoms with Gasteiger partial charge in [0.25, 0.3) is 0 Å². The Morgan fingerprint density at radius 2 is 1.84 bits per heavy atom. The summed E-state index contributed by atoms with van der Waals surface area (Å²) >= 11 is 1.43. The fraction of sp³-hybridized carbons (Fsp3) is 0.536. The van der Waals surface area contributed by atoms with E-state index in [2.05, 4.69) is 22.3 Å². The van der Waals surface area contributed by atoms with Gasteiger partial charge in [-0.1, -0.05) is 57.9 Å². The number of carbonyl (C=O) groups is 1. The van der Waals surface area contributed by atoms with Crippen LogP contribution in [0.15, 0.2) is 36.9 Å². The minimum Gasteiger partial charge on any atom is -0.462 e. The number of nitrogens with zero attached hydrogens (tertiary/aromatic N) is 3. The number of thiophene rings is 1. The largest absolute Gasteiger partial charge is 0.462 e. The second kappa shape index (κ2) is 14.9. The summed E-state index contributed by atoms with van der Waals surface area (Å²) in [5.74, 6) is -2.07. The number of ether oxygens (including phenoxy) is 1. The summed E-state index contributed by atoms with van der Waals surface area (Å²) in [5.41, 5.74) is -1.51. The van der Waals surface area contributed by atoms with E-state index in [9.17, 15) is 18.7 Å². The molecule has 2 N–H and O–H groups in total. The molecule has 0 spiro atoms. The van der Waals surface area contributed by atoms with E-state index < -0.39 is 23.2 Å². The van der Waals surface area contributed by atoms with Crippen molar-refractivity contribution in [2.45, 2.75) is 83.8 Å². The van der Waals surface area contributed by atoms with Gasteiger partial charge >= 0.3 is 5.97 Å². The second-order valence-electron chi connectivity index (χ2n) is 9.50. The highest BCUT2D eigenvalue weighted by atomic mass is 32.1. The normalized spacial score (nSPS) is 12.9. The van der Waals surface area contributed by atoms with Crippen LogP contribution in [0.3, 0.4) is 0 Å². The lowest BCUT2D eigenvalue weighted by atomic mass is 9.93. The van der Waals surface area contributed by atoms with E-state index >= 15 is 0 Å². The van der Waals surface area contributed by atoms with Gasteiger partial charge < -0.3 is 15.2 Å². The summed E-state index contributed by atoms with van der Waals surface area (Å²) in [4.78, 5) is 17.6. The standard InChI is InChI=1S/C28H38F2N4O3S/c1-3-5-6-7-8-9-10-11-12-22-16-23(27(35)37-4-2)26(38-22)32-17-28(36,18-34-20-31-19-33-34)24-14-13-21(29)15-25(24)30/h13-16,19-20,32,36H,3-12,17-18H2,1-2H3. The van der Waals surface area contributed by atoms with Gasteiger partial charge in [0.2, 0.25) is 0 Å². The number of anilines is 1. The number of rotatable bonds is 17. The minimum atomic E-state index is -1.81. The minimum absolute atomic E-state index is 0.0877. The third-order valence-electron chi connectivity index (χ3n) is 6.42. The van der Waals surface area contributed by atoms with Gasteiger partial charge in [-0.3, -0.25) is 0 Å². The first-order valence-electron chi connectivity index (χ1n) is 13.4. The smallest absolute Gasteiger partial charge is 0.341 e. The van der Waals surface area contributed by atoms with Crippen LogP contribution in [0.1, 0.15) is 86.0 Å². The van der Waals surface area contributed by atoms with E-state index in [0.29, 0.717) is 10.6 Å². The van der Waals surface area contributed by atoms with Crippen LogP contribution in [0.25, 0.3) is 0 Å². The van der Waals surface area contributed by atoms with E-state index in [0.717, 1.165) is 36.3 Å². The molecule has 3 rings (SSSR count). The molecule has 0 aliphatic heterocycles. The lowest BCUT2D eigenvalue weighted by Crippen LogP contribution is -2.39. The monoisotopic (exact) mass is 548 g/mol. The molecule has 7 nitrogen and oxygen atoms in total. The predicted molar refractivity (Wildman–Crippen MR) is 145 cm³/mol. The van der Waals surface area contributed by atoms with Crippen LogP contribution in [0.4, 0.5) is 13.8 Å². The Morgan fingerprint density at radius 1 is 1.11 bits per heavy atom. The Hall–Kier alpha value is -2.85. The summed E-state index contributed by atoms with van der Waals surface area (Å²) in [5, 5.41) is 19.3. The second-order valence-corrected chi connectivity index (χ2v) is 10.6. The van der Waals surface area contributed by atoms with Gasteiger partial charge in [-0.05, 0) is 31.9 Å². The molecule has 1 unspecified atom stereocenters. The molecule has 0 bridgehead atoms. The van der Waals surface area contributed by atoms with Gasteiger partial charge in [-0.15, -0.1) is 11.3 Å². The van der Waals surface area contributed by atoms with Crippen LogP contribution in [0, 0.1) is 11.6 Å². The van der Waals surface area contributed by atoms with E-state index in [1.165, 1.54) is 73.3 Å². The van der Waals surface area contributed by atoms with Gasteiger partial charge in [-0.25, -0.2) is 23.2 Å². The van der Waals surface area contributed by atoms with Crippen LogP contribution in [-0.4, -0.2) is 39.0 Å². The number of nitrogens with one attached hydrogen (secondary N) is 1. The number of aromatic nitrogens is 3. The van der Waals surface area contributed by atoms with Crippen molar-refractivity contribution >= 4 is 22.3 Å². The van der Waals surface area contributed by atoms with E-state index in [4.69, 9.17) is 4.74 Å². The average Bonchev–Trinajstić information content (AvgIpc) is 3.54. The third-order valence-corrected chi connectivity index (χ3v) is 7.57. The molecule has 38 heavy (non-hydrogen) atoms. The topological polar surface area (TPSA) is 89.3 Å². The van der Waals surface area contributed by atoms with Crippen LogP contribution in [0.2, 0.25) is 0 Å². The molecule has 10 heteroatoms. The van der Waals surface area contributed by atoms with Crippen LogP contribution >= 0.6 is 11.3 Å². The van der Waals surface area contributed by atoms with Crippen molar-refractivity contribution in [1.29, 1.82) is 0 Å². The number of hydrogen-bond acceptors (Lipinski definition) is 7. The number of benzene rings is 1. The Balaban J connectivity index is 1.72. The first-order chi connectivity index (χ1) is 18.4. The number of unbranched alkanes of at least 4 members (excludes halogenated alkanes) is 7. The fourth-order valence-corrected chi connectivity index (χ4v) is 5.48. The zero-order valence-electron chi connectivity index (χ0n) is 22.2. The summed E-state index contributed by atoms with van der Waals surface area (Å²) in [6.45, 7) is 3.91. The van der Waals surface area contributed by atoms with E-state index in [-0.39, 0.29) is 25.3 Å².